The molecule has 94 valence electrons. The first-order valence-corrected chi connectivity index (χ1v) is 5.33. The minimum absolute atomic E-state index is 0.362. The van der Waals surface area contributed by atoms with Crippen LogP contribution in [0.15, 0.2) is 30.3 Å². The number of Topliss-reactive ketones (excluding diaryl/α,β-unsaturated/α-hetero) is 1. The van der Waals surface area contributed by atoms with E-state index in [0.717, 1.165) is 0 Å². The van der Waals surface area contributed by atoms with Gasteiger partial charge in [0.15, 0.2) is 0 Å². The van der Waals surface area contributed by atoms with E-state index in [4.69, 9.17) is 0 Å². The number of alkyl halides is 3. The van der Waals surface area contributed by atoms with Crippen LogP contribution in [0.5, 0.6) is 0 Å². The summed E-state index contributed by atoms with van der Waals surface area (Å²) in [6, 6.07) is 8.36. The van der Waals surface area contributed by atoms with Crippen molar-refractivity contribution >= 4 is 16.7 Å². The number of aryl methyl sites for hydroxylation is 1. The third-order valence-corrected chi connectivity index (χ3v) is 2.60. The van der Waals surface area contributed by atoms with Gasteiger partial charge in [-0.2, -0.15) is 13.2 Å². The summed E-state index contributed by atoms with van der Waals surface area (Å²) in [5.41, 5.74) is 1.56. The summed E-state index contributed by atoms with van der Waals surface area (Å²) < 4.78 is 36.8. The molecule has 0 spiro atoms. The van der Waals surface area contributed by atoms with Crippen molar-refractivity contribution in [3.05, 3.63) is 41.6 Å². The second-order valence-corrected chi connectivity index (χ2v) is 4.04. The molecular formula is C13H10F3NO. The van der Waals surface area contributed by atoms with Crippen molar-refractivity contribution in [1.29, 1.82) is 0 Å². The maximum Gasteiger partial charge on any atom is 0.450 e. The number of ketones is 1. The quantitative estimate of drug-likeness (QED) is 0.822. The number of hydrogen-bond acceptors (Lipinski definition) is 2. The van der Waals surface area contributed by atoms with Crippen LogP contribution in [-0.4, -0.2) is 16.9 Å². The van der Waals surface area contributed by atoms with Crippen molar-refractivity contribution in [2.45, 2.75) is 19.5 Å². The zero-order chi connectivity index (χ0) is 13.3. The molecule has 0 aliphatic heterocycles. The van der Waals surface area contributed by atoms with Crippen LogP contribution >= 0.6 is 0 Å². The van der Waals surface area contributed by atoms with Gasteiger partial charge in [-0.1, -0.05) is 18.2 Å². The Kier molecular flexibility index (Phi) is 3.07. The highest BCUT2D eigenvalue weighted by Gasteiger charge is 2.38. The van der Waals surface area contributed by atoms with E-state index in [0.29, 0.717) is 22.2 Å². The van der Waals surface area contributed by atoms with E-state index in [9.17, 15) is 18.0 Å². The van der Waals surface area contributed by atoms with Gasteiger partial charge >= 0.3 is 6.18 Å². The molecule has 1 aromatic heterocycles. The van der Waals surface area contributed by atoms with Crippen molar-refractivity contribution in [1.82, 2.24) is 4.98 Å². The van der Waals surface area contributed by atoms with E-state index in [-0.39, 0.29) is 0 Å². The van der Waals surface area contributed by atoms with Crippen LogP contribution < -0.4 is 0 Å². The van der Waals surface area contributed by atoms with Gasteiger partial charge in [-0.05, 0) is 24.6 Å². The van der Waals surface area contributed by atoms with E-state index in [1.165, 1.54) is 6.07 Å². The van der Waals surface area contributed by atoms with Gasteiger partial charge in [0, 0.05) is 17.5 Å². The summed E-state index contributed by atoms with van der Waals surface area (Å²) in [5.74, 6) is -1.74. The van der Waals surface area contributed by atoms with Crippen LogP contribution in [0, 0.1) is 6.92 Å². The number of halogens is 3. The lowest BCUT2D eigenvalue weighted by Crippen LogP contribution is -2.24. The number of carbonyl (C=O) groups is 1. The van der Waals surface area contributed by atoms with Crippen LogP contribution in [0.1, 0.15) is 11.3 Å². The van der Waals surface area contributed by atoms with Crippen LogP contribution in [0.4, 0.5) is 13.2 Å². The molecule has 0 aliphatic rings. The number of hydrogen-bond donors (Lipinski definition) is 0. The highest BCUT2D eigenvalue weighted by atomic mass is 19.4. The monoisotopic (exact) mass is 253 g/mol. The Morgan fingerprint density at radius 1 is 1.28 bits per heavy atom. The topological polar surface area (TPSA) is 30.0 Å². The first kappa shape index (κ1) is 12.5. The Morgan fingerprint density at radius 2 is 1.94 bits per heavy atom. The maximum absolute atomic E-state index is 12.3. The summed E-state index contributed by atoms with van der Waals surface area (Å²) in [5, 5.41) is 0.584. The fourth-order valence-electron chi connectivity index (χ4n) is 1.81. The predicted molar refractivity (Wildman–Crippen MR) is 61.2 cm³/mol. The Morgan fingerprint density at radius 3 is 2.61 bits per heavy atom. The molecule has 0 amide bonds. The SMILES string of the molecule is Cc1cc(CC(=O)C(F)(F)F)c2ccccc2n1. The maximum atomic E-state index is 12.3. The number of rotatable bonds is 2. The lowest BCUT2D eigenvalue weighted by atomic mass is 10.0. The molecule has 0 fully saturated rings. The molecule has 0 bridgehead atoms. The average molecular weight is 253 g/mol. The first-order chi connectivity index (χ1) is 8.38. The molecule has 0 saturated heterocycles. The highest BCUT2D eigenvalue weighted by molar-refractivity contribution is 5.91. The second-order valence-electron chi connectivity index (χ2n) is 4.04. The molecule has 2 aromatic rings. The zero-order valence-corrected chi connectivity index (χ0v) is 9.58. The minimum atomic E-state index is -4.79. The van der Waals surface area contributed by atoms with Crippen LogP contribution in [0.3, 0.4) is 0 Å². The molecule has 0 saturated carbocycles. The molecule has 1 heterocycles. The third-order valence-electron chi connectivity index (χ3n) is 2.60. The molecule has 2 rings (SSSR count). The lowest BCUT2D eigenvalue weighted by Gasteiger charge is -2.09. The molecule has 0 radical (unpaired) electrons. The molecule has 2 nitrogen and oxygen atoms in total. The van der Waals surface area contributed by atoms with E-state index < -0.39 is 18.4 Å². The number of fused-ring (bicyclic) bond motifs is 1. The van der Waals surface area contributed by atoms with Gasteiger partial charge in [-0.15, -0.1) is 0 Å². The number of nitrogens with zero attached hydrogens (tertiary/aromatic N) is 1. The van der Waals surface area contributed by atoms with Gasteiger partial charge in [0.2, 0.25) is 5.78 Å². The van der Waals surface area contributed by atoms with Crippen molar-refractivity contribution in [3.63, 3.8) is 0 Å². The Hall–Kier alpha value is -1.91. The molecule has 5 heteroatoms. The summed E-state index contributed by atoms with van der Waals surface area (Å²) in [7, 11) is 0. The normalized spacial score (nSPS) is 11.8. The Balaban J connectivity index is 2.48. The summed E-state index contributed by atoms with van der Waals surface area (Å²) in [4.78, 5) is 15.3. The molecule has 1 aromatic carbocycles. The lowest BCUT2D eigenvalue weighted by molar-refractivity contribution is -0.170. The Bertz CT molecular complexity index is 605. The summed E-state index contributed by atoms with van der Waals surface area (Å²) >= 11 is 0. The molecular weight excluding hydrogens is 243 g/mol. The van der Waals surface area contributed by atoms with E-state index >= 15 is 0 Å². The van der Waals surface area contributed by atoms with E-state index in [1.54, 1.807) is 31.2 Å². The predicted octanol–water partition coefficient (Wildman–Crippen LogP) is 3.22. The molecule has 0 unspecified atom stereocenters. The minimum Gasteiger partial charge on any atom is -0.289 e. The standard InChI is InChI=1S/C13H10F3NO/c1-8-6-9(7-12(18)13(14,15)16)10-4-2-3-5-11(10)17-8/h2-6H,7H2,1H3. The van der Waals surface area contributed by atoms with Gasteiger partial charge < -0.3 is 0 Å². The molecule has 0 aliphatic carbocycles. The van der Waals surface area contributed by atoms with Gasteiger partial charge in [0.1, 0.15) is 0 Å². The van der Waals surface area contributed by atoms with Crippen molar-refractivity contribution in [2.24, 2.45) is 0 Å². The van der Waals surface area contributed by atoms with Crippen molar-refractivity contribution in [2.75, 3.05) is 0 Å². The number of pyridine rings is 1. The largest absolute Gasteiger partial charge is 0.450 e. The molecule has 18 heavy (non-hydrogen) atoms. The number of para-hydroxylation sites is 1. The number of aromatic nitrogens is 1. The second kappa shape index (κ2) is 4.40. The summed E-state index contributed by atoms with van der Waals surface area (Å²) in [6.07, 6.45) is -5.44. The van der Waals surface area contributed by atoms with Crippen molar-refractivity contribution < 1.29 is 18.0 Å². The van der Waals surface area contributed by atoms with Gasteiger partial charge in [0.25, 0.3) is 0 Å². The van der Waals surface area contributed by atoms with Gasteiger partial charge in [-0.3, -0.25) is 9.78 Å². The fourth-order valence-corrected chi connectivity index (χ4v) is 1.81. The molecule has 0 atom stereocenters. The zero-order valence-electron chi connectivity index (χ0n) is 9.58. The highest BCUT2D eigenvalue weighted by Crippen LogP contribution is 2.23. The van der Waals surface area contributed by atoms with E-state index in [1.807, 2.05) is 0 Å². The van der Waals surface area contributed by atoms with Crippen molar-refractivity contribution in [3.8, 4) is 0 Å². The number of carbonyl (C=O) groups excluding carboxylic acids is 1. The fraction of sp³-hybridized carbons (Fsp3) is 0.231. The molecule has 0 N–H and O–H groups in total. The van der Waals surface area contributed by atoms with Crippen LogP contribution in [-0.2, 0) is 11.2 Å². The smallest absolute Gasteiger partial charge is 0.289 e. The van der Waals surface area contributed by atoms with Gasteiger partial charge in [0.05, 0.1) is 5.52 Å². The van der Waals surface area contributed by atoms with E-state index in [2.05, 4.69) is 4.98 Å². The first-order valence-electron chi connectivity index (χ1n) is 5.33. The Labute approximate surface area is 101 Å². The van der Waals surface area contributed by atoms with Gasteiger partial charge in [-0.25, -0.2) is 0 Å². The third kappa shape index (κ3) is 2.50. The van der Waals surface area contributed by atoms with Crippen LogP contribution in [0.25, 0.3) is 10.9 Å². The summed E-state index contributed by atoms with van der Waals surface area (Å²) in [6.45, 7) is 1.69. The van der Waals surface area contributed by atoms with Crippen LogP contribution in [0.2, 0.25) is 0 Å². The number of benzene rings is 1. The average Bonchev–Trinajstić information content (AvgIpc) is 2.27.